The third-order valence-corrected chi connectivity index (χ3v) is 4.18. The van der Waals surface area contributed by atoms with Crippen LogP contribution in [0, 0.1) is 9.39 Å². The first-order valence-corrected chi connectivity index (χ1v) is 7.52. The van der Waals surface area contributed by atoms with Crippen LogP contribution in [0.25, 0.3) is 0 Å². The number of halogens is 3. The maximum absolute atomic E-state index is 13.2. The summed E-state index contributed by atoms with van der Waals surface area (Å²) in [5.41, 5.74) is 2.05. The summed E-state index contributed by atoms with van der Waals surface area (Å²) >= 11 is 8.43. The van der Waals surface area contributed by atoms with Gasteiger partial charge >= 0.3 is 0 Å². The van der Waals surface area contributed by atoms with Crippen LogP contribution in [0.2, 0.25) is 5.02 Å². The van der Waals surface area contributed by atoms with Crippen molar-refractivity contribution >= 4 is 34.2 Å². The van der Waals surface area contributed by atoms with Crippen LogP contribution in [-0.2, 0) is 0 Å². The SMILES string of the molecule is CCNC(c1ccccc1Cl)c1ccc(F)cc1I. The normalized spacial score (nSPS) is 12.4. The first-order chi connectivity index (χ1) is 9.13. The lowest BCUT2D eigenvalue weighted by Gasteiger charge is -2.21. The van der Waals surface area contributed by atoms with Crippen molar-refractivity contribution in [2.24, 2.45) is 0 Å². The summed E-state index contributed by atoms with van der Waals surface area (Å²) in [5, 5.41) is 4.12. The lowest BCUT2D eigenvalue weighted by Crippen LogP contribution is -2.23. The van der Waals surface area contributed by atoms with Crippen molar-refractivity contribution < 1.29 is 4.39 Å². The molecule has 0 saturated carbocycles. The van der Waals surface area contributed by atoms with Crippen molar-refractivity contribution in [2.45, 2.75) is 13.0 Å². The standard InChI is InChI=1S/C15H14ClFIN/c1-2-19-15(11-5-3-4-6-13(11)16)12-8-7-10(17)9-14(12)18/h3-9,15,19H,2H2,1H3. The molecule has 2 aromatic carbocycles. The zero-order valence-electron chi connectivity index (χ0n) is 10.5. The van der Waals surface area contributed by atoms with E-state index < -0.39 is 0 Å². The zero-order chi connectivity index (χ0) is 13.8. The summed E-state index contributed by atoms with van der Waals surface area (Å²) in [6.45, 7) is 2.85. The Hall–Kier alpha value is -0.650. The smallest absolute Gasteiger partial charge is 0.124 e. The highest BCUT2D eigenvalue weighted by atomic mass is 127. The molecule has 0 bridgehead atoms. The Balaban J connectivity index is 2.48. The molecule has 0 aliphatic carbocycles. The van der Waals surface area contributed by atoms with Gasteiger partial charge in [-0.3, -0.25) is 0 Å². The fraction of sp³-hybridized carbons (Fsp3) is 0.200. The monoisotopic (exact) mass is 389 g/mol. The second-order valence-corrected chi connectivity index (χ2v) is 5.75. The molecule has 0 aliphatic heterocycles. The van der Waals surface area contributed by atoms with Crippen LogP contribution in [0.15, 0.2) is 42.5 Å². The zero-order valence-corrected chi connectivity index (χ0v) is 13.4. The molecule has 2 aromatic rings. The number of rotatable bonds is 4. The van der Waals surface area contributed by atoms with Gasteiger partial charge in [0.25, 0.3) is 0 Å². The summed E-state index contributed by atoms with van der Waals surface area (Å²) in [7, 11) is 0. The van der Waals surface area contributed by atoms with E-state index in [1.165, 1.54) is 12.1 Å². The van der Waals surface area contributed by atoms with Gasteiger partial charge in [-0.25, -0.2) is 4.39 Å². The van der Waals surface area contributed by atoms with E-state index in [0.29, 0.717) is 5.02 Å². The van der Waals surface area contributed by atoms with Crippen molar-refractivity contribution in [3.8, 4) is 0 Å². The molecule has 1 nitrogen and oxygen atoms in total. The van der Waals surface area contributed by atoms with Gasteiger partial charge in [-0.1, -0.05) is 42.8 Å². The predicted octanol–water partition coefficient (Wildman–Crippen LogP) is 4.78. The summed E-state index contributed by atoms with van der Waals surface area (Å²) < 4.78 is 14.1. The van der Waals surface area contributed by atoms with E-state index in [1.54, 1.807) is 0 Å². The van der Waals surface area contributed by atoms with Crippen molar-refractivity contribution in [3.63, 3.8) is 0 Å². The molecule has 1 N–H and O–H groups in total. The van der Waals surface area contributed by atoms with E-state index in [-0.39, 0.29) is 11.9 Å². The van der Waals surface area contributed by atoms with E-state index in [4.69, 9.17) is 11.6 Å². The van der Waals surface area contributed by atoms with Gasteiger partial charge in [-0.05, 0) is 58.5 Å². The minimum Gasteiger partial charge on any atom is -0.306 e. The van der Waals surface area contributed by atoms with Gasteiger partial charge in [0.2, 0.25) is 0 Å². The second-order valence-electron chi connectivity index (χ2n) is 4.18. The van der Waals surface area contributed by atoms with Crippen molar-refractivity contribution in [3.05, 3.63) is 68.0 Å². The quantitative estimate of drug-likeness (QED) is 0.742. The Morgan fingerprint density at radius 2 is 1.95 bits per heavy atom. The topological polar surface area (TPSA) is 12.0 Å². The molecule has 0 radical (unpaired) electrons. The summed E-state index contributed by atoms with van der Waals surface area (Å²) in [6, 6.07) is 12.6. The molecule has 19 heavy (non-hydrogen) atoms. The molecule has 4 heteroatoms. The van der Waals surface area contributed by atoms with E-state index in [1.807, 2.05) is 37.3 Å². The minimum atomic E-state index is -0.220. The number of nitrogens with one attached hydrogen (secondary N) is 1. The maximum atomic E-state index is 13.2. The van der Waals surface area contributed by atoms with Crippen LogP contribution in [-0.4, -0.2) is 6.54 Å². The van der Waals surface area contributed by atoms with Gasteiger partial charge < -0.3 is 5.32 Å². The van der Waals surface area contributed by atoms with Gasteiger partial charge in [0.15, 0.2) is 0 Å². The summed E-state index contributed by atoms with van der Waals surface area (Å²) in [5.74, 6) is -0.220. The highest BCUT2D eigenvalue weighted by molar-refractivity contribution is 14.1. The van der Waals surface area contributed by atoms with Crippen LogP contribution in [0.3, 0.4) is 0 Å². The largest absolute Gasteiger partial charge is 0.306 e. The molecule has 0 heterocycles. The molecule has 0 amide bonds. The molecular formula is C15H14ClFIN. The van der Waals surface area contributed by atoms with E-state index >= 15 is 0 Å². The van der Waals surface area contributed by atoms with Crippen molar-refractivity contribution in [1.29, 1.82) is 0 Å². The molecule has 0 aromatic heterocycles. The van der Waals surface area contributed by atoms with Gasteiger partial charge in [-0.2, -0.15) is 0 Å². The highest BCUT2D eigenvalue weighted by Gasteiger charge is 2.18. The third kappa shape index (κ3) is 3.46. The second kappa shape index (κ2) is 6.68. The van der Waals surface area contributed by atoms with Crippen molar-refractivity contribution in [1.82, 2.24) is 5.32 Å². The molecule has 0 aliphatic rings. The average molecular weight is 390 g/mol. The van der Waals surface area contributed by atoms with Crippen LogP contribution in [0.4, 0.5) is 4.39 Å². The fourth-order valence-electron chi connectivity index (χ4n) is 2.04. The third-order valence-electron chi connectivity index (χ3n) is 2.90. The lowest BCUT2D eigenvalue weighted by atomic mass is 9.98. The number of hydrogen-bond donors (Lipinski definition) is 1. The molecule has 1 unspecified atom stereocenters. The Morgan fingerprint density at radius 3 is 2.58 bits per heavy atom. The minimum absolute atomic E-state index is 0.0220. The van der Waals surface area contributed by atoms with Crippen LogP contribution in [0.1, 0.15) is 24.1 Å². The van der Waals surface area contributed by atoms with Gasteiger partial charge in [0.1, 0.15) is 5.82 Å². The molecule has 0 fully saturated rings. The van der Waals surface area contributed by atoms with Crippen LogP contribution in [0.5, 0.6) is 0 Å². The molecule has 100 valence electrons. The van der Waals surface area contributed by atoms with E-state index in [2.05, 4.69) is 27.9 Å². The summed E-state index contributed by atoms with van der Waals surface area (Å²) in [4.78, 5) is 0. The molecular weight excluding hydrogens is 376 g/mol. The Kier molecular flexibility index (Phi) is 5.19. The lowest BCUT2D eigenvalue weighted by molar-refractivity contribution is 0.610. The van der Waals surface area contributed by atoms with Crippen LogP contribution < -0.4 is 5.32 Å². The number of hydrogen-bond acceptors (Lipinski definition) is 1. The van der Waals surface area contributed by atoms with Gasteiger partial charge in [-0.15, -0.1) is 0 Å². The highest BCUT2D eigenvalue weighted by Crippen LogP contribution is 2.31. The number of benzene rings is 2. The summed E-state index contributed by atoms with van der Waals surface area (Å²) in [6.07, 6.45) is 0. The van der Waals surface area contributed by atoms with Gasteiger partial charge in [0.05, 0.1) is 6.04 Å². The molecule has 0 saturated heterocycles. The van der Waals surface area contributed by atoms with E-state index in [9.17, 15) is 4.39 Å². The molecule has 0 spiro atoms. The predicted molar refractivity (Wildman–Crippen MR) is 86.1 cm³/mol. The Labute approximate surface area is 131 Å². The Bertz CT molecular complexity index is 574. The molecule has 1 atom stereocenters. The average Bonchev–Trinajstić information content (AvgIpc) is 2.38. The maximum Gasteiger partial charge on any atom is 0.124 e. The molecule has 2 rings (SSSR count). The van der Waals surface area contributed by atoms with Gasteiger partial charge in [0, 0.05) is 8.59 Å². The van der Waals surface area contributed by atoms with Crippen LogP contribution >= 0.6 is 34.2 Å². The van der Waals surface area contributed by atoms with Crippen molar-refractivity contribution in [2.75, 3.05) is 6.54 Å². The first kappa shape index (κ1) is 14.8. The van der Waals surface area contributed by atoms with E-state index in [0.717, 1.165) is 21.2 Å². The fourth-order valence-corrected chi connectivity index (χ4v) is 3.07. The Morgan fingerprint density at radius 1 is 1.21 bits per heavy atom. The first-order valence-electron chi connectivity index (χ1n) is 6.06.